The van der Waals surface area contributed by atoms with Crippen LogP contribution in [0.1, 0.15) is 74.4 Å². The molecule has 2 atom stereocenters. The van der Waals surface area contributed by atoms with Gasteiger partial charge in [0.25, 0.3) is 5.56 Å². The number of rotatable bonds is 13. The van der Waals surface area contributed by atoms with Gasteiger partial charge in [-0.2, -0.15) is 0 Å². The lowest BCUT2D eigenvalue weighted by Crippen LogP contribution is -2.40. The molecule has 1 saturated heterocycles. The molecule has 1 amide bonds. The molecule has 1 unspecified atom stereocenters. The van der Waals surface area contributed by atoms with Crippen molar-refractivity contribution in [3.8, 4) is 11.1 Å². The minimum Gasteiger partial charge on any atom is -0.466 e. The van der Waals surface area contributed by atoms with Crippen LogP contribution >= 0.6 is 0 Å². The molecule has 8 heteroatoms. The molecule has 3 aromatic rings. The second-order valence-corrected chi connectivity index (χ2v) is 12.0. The zero-order chi connectivity index (χ0) is 31.1. The number of hydrogen-bond donors (Lipinski definition) is 1. The number of ether oxygens (including phenoxy) is 1. The molecule has 0 radical (unpaired) electrons. The first-order chi connectivity index (χ1) is 20.5. The predicted molar refractivity (Wildman–Crippen MR) is 167 cm³/mol. The summed E-state index contributed by atoms with van der Waals surface area (Å²) < 4.78 is 20.8. The van der Waals surface area contributed by atoms with E-state index >= 15 is 0 Å². The van der Waals surface area contributed by atoms with Gasteiger partial charge in [0.1, 0.15) is 11.9 Å². The minimum absolute atomic E-state index is 0.0659. The Kier molecular flexibility index (Phi) is 10.9. The molecular weight excluding hydrogens is 545 g/mol. The maximum Gasteiger partial charge on any atom is 0.308 e. The fourth-order valence-electron chi connectivity index (χ4n) is 5.81. The summed E-state index contributed by atoms with van der Waals surface area (Å²) in [6.45, 7) is 12.9. The Morgan fingerprint density at radius 2 is 1.77 bits per heavy atom. The summed E-state index contributed by atoms with van der Waals surface area (Å²) in [6.07, 6.45) is 4.23. The van der Waals surface area contributed by atoms with Crippen molar-refractivity contribution >= 4 is 11.9 Å². The number of hydrogen-bond acceptors (Lipinski definition) is 5. The molecule has 0 saturated carbocycles. The highest BCUT2D eigenvalue weighted by Gasteiger charge is 2.28. The standard InChI is InChI=1S/C35H44FN3O4/c1-6-43-33(41)21-30(27-9-7-10-28(20-27)34-24(4)18-29(36)19-25(34)5)37-35(42)31(17-23(2)3)39-22-26(11-12-32(39)40)13-16-38-14-8-15-38/h7,9-12,18-20,22-23,30-31H,6,8,13-17,21H2,1-5H3,(H,37,42)/t30-,31?/m0/s1. The van der Waals surface area contributed by atoms with Crippen molar-refractivity contribution < 1.29 is 18.7 Å². The molecule has 7 nitrogen and oxygen atoms in total. The van der Waals surface area contributed by atoms with Crippen LogP contribution in [0.4, 0.5) is 4.39 Å². The van der Waals surface area contributed by atoms with Crippen LogP contribution in [0.25, 0.3) is 11.1 Å². The van der Waals surface area contributed by atoms with Crippen molar-refractivity contribution in [2.75, 3.05) is 26.2 Å². The zero-order valence-corrected chi connectivity index (χ0v) is 26.0. The van der Waals surface area contributed by atoms with Crippen molar-refractivity contribution in [2.45, 2.75) is 72.4 Å². The third-order valence-electron chi connectivity index (χ3n) is 8.07. The predicted octanol–water partition coefficient (Wildman–Crippen LogP) is 5.92. The number of nitrogens with one attached hydrogen (secondary N) is 1. The Morgan fingerprint density at radius 1 is 1.05 bits per heavy atom. The molecule has 1 aliphatic heterocycles. The number of carbonyl (C=O) groups is 2. The zero-order valence-electron chi connectivity index (χ0n) is 26.0. The van der Waals surface area contributed by atoms with E-state index in [0.29, 0.717) is 6.42 Å². The van der Waals surface area contributed by atoms with E-state index in [1.165, 1.54) is 18.6 Å². The molecule has 2 aromatic carbocycles. The van der Waals surface area contributed by atoms with Gasteiger partial charge in [-0.3, -0.25) is 14.4 Å². The molecule has 0 aliphatic carbocycles. The number of benzene rings is 2. The maximum absolute atomic E-state index is 14.0. The van der Waals surface area contributed by atoms with Gasteiger partial charge in [0.05, 0.1) is 19.1 Å². The van der Waals surface area contributed by atoms with E-state index in [0.717, 1.165) is 59.4 Å². The second-order valence-electron chi connectivity index (χ2n) is 12.0. The van der Waals surface area contributed by atoms with E-state index in [9.17, 15) is 18.8 Å². The first-order valence-corrected chi connectivity index (χ1v) is 15.3. The van der Waals surface area contributed by atoms with Crippen molar-refractivity contribution in [1.82, 2.24) is 14.8 Å². The number of nitrogens with zero attached hydrogens (tertiary/aromatic N) is 2. The number of esters is 1. The Labute approximate surface area is 254 Å². The van der Waals surface area contributed by atoms with Crippen LogP contribution in [-0.2, 0) is 20.7 Å². The smallest absolute Gasteiger partial charge is 0.308 e. The lowest BCUT2D eigenvalue weighted by atomic mass is 9.92. The highest BCUT2D eigenvalue weighted by Crippen LogP contribution is 2.31. The Balaban J connectivity index is 1.66. The van der Waals surface area contributed by atoms with Gasteiger partial charge in [-0.25, -0.2) is 4.39 Å². The summed E-state index contributed by atoms with van der Waals surface area (Å²) in [5, 5.41) is 3.09. The Hall–Kier alpha value is -3.78. The van der Waals surface area contributed by atoms with E-state index in [1.54, 1.807) is 17.6 Å². The first-order valence-electron chi connectivity index (χ1n) is 15.3. The van der Waals surface area contributed by atoms with Gasteiger partial charge in [0, 0.05) is 18.8 Å². The van der Waals surface area contributed by atoms with Crippen molar-refractivity contribution in [2.24, 2.45) is 5.92 Å². The number of carbonyl (C=O) groups excluding carboxylic acids is 2. The van der Waals surface area contributed by atoms with Gasteiger partial charge in [0.2, 0.25) is 5.91 Å². The van der Waals surface area contributed by atoms with Crippen molar-refractivity contribution in [1.29, 1.82) is 0 Å². The van der Waals surface area contributed by atoms with Crippen LogP contribution in [0.3, 0.4) is 0 Å². The molecule has 1 N–H and O–H groups in total. The van der Waals surface area contributed by atoms with Gasteiger partial charge in [0.15, 0.2) is 0 Å². The van der Waals surface area contributed by atoms with E-state index in [2.05, 4.69) is 10.2 Å². The lowest BCUT2D eigenvalue weighted by Gasteiger charge is -2.30. The quantitative estimate of drug-likeness (QED) is 0.251. The van der Waals surface area contributed by atoms with Gasteiger partial charge in [-0.1, -0.05) is 38.1 Å². The number of pyridine rings is 1. The molecule has 1 aliphatic rings. The number of likely N-dealkylation sites (tertiary alicyclic amines) is 1. The first kappa shape index (κ1) is 32.1. The van der Waals surface area contributed by atoms with E-state index in [1.807, 2.05) is 64.2 Å². The maximum atomic E-state index is 14.0. The van der Waals surface area contributed by atoms with Crippen LogP contribution in [0.15, 0.2) is 59.5 Å². The third-order valence-corrected chi connectivity index (χ3v) is 8.07. The Morgan fingerprint density at radius 3 is 2.40 bits per heavy atom. The van der Waals surface area contributed by atoms with Crippen LogP contribution in [-0.4, -0.2) is 47.6 Å². The van der Waals surface area contributed by atoms with Crippen LogP contribution in [0.5, 0.6) is 0 Å². The number of amides is 1. The average Bonchev–Trinajstić information content (AvgIpc) is 2.91. The van der Waals surface area contributed by atoms with E-state index in [4.69, 9.17) is 4.74 Å². The number of halogens is 1. The largest absolute Gasteiger partial charge is 0.466 e. The molecule has 2 heterocycles. The molecular formula is C35H44FN3O4. The summed E-state index contributed by atoms with van der Waals surface area (Å²) in [5.74, 6) is -0.912. The van der Waals surface area contributed by atoms with Crippen LogP contribution in [0, 0.1) is 25.6 Å². The topological polar surface area (TPSA) is 80.6 Å². The summed E-state index contributed by atoms with van der Waals surface area (Å²) >= 11 is 0. The molecule has 230 valence electrons. The van der Waals surface area contributed by atoms with Crippen LogP contribution in [0.2, 0.25) is 0 Å². The van der Waals surface area contributed by atoms with Crippen molar-refractivity contribution in [3.63, 3.8) is 0 Å². The van der Waals surface area contributed by atoms with Gasteiger partial charge >= 0.3 is 5.97 Å². The molecule has 0 spiro atoms. The SMILES string of the molecule is CCOC(=O)C[C@H](NC(=O)C(CC(C)C)n1cc(CCN2CCC2)ccc1=O)c1cccc(-c2c(C)cc(F)cc2C)c1. The highest BCUT2D eigenvalue weighted by molar-refractivity contribution is 5.82. The lowest BCUT2D eigenvalue weighted by molar-refractivity contribution is -0.144. The fraction of sp³-hybridized carbons (Fsp3) is 0.457. The molecule has 43 heavy (non-hydrogen) atoms. The van der Waals surface area contributed by atoms with Gasteiger partial charge in [-0.05, 0) is 111 Å². The molecule has 0 bridgehead atoms. The summed E-state index contributed by atoms with van der Waals surface area (Å²) in [5.41, 5.74) is 4.86. The van der Waals surface area contributed by atoms with Gasteiger partial charge < -0.3 is 19.5 Å². The normalized spacial score (nSPS) is 14.7. The van der Waals surface area contributed by atoms with Crippen molar-refractivity contribution in [3.05, 3.63) is 93.2 Å². The fourth-order valence-corrected chi connectivity index (χ4v) is 5.81. The average molecular weight is 590 g/mol. The minimum atomic E-state index is -0.745. The summed E-state index contributed by atoms with van der Waals surface area (Å²) in [4.78, 5) is 42.2. The second kappa shape index (κ2) is 14.6. The molecule has 1 aromatic heterocycles. The summed E-state index contributed by atoms with van der Waals surface area (Å²) in [6, 6.07) is 12.5. The van der Waals surface area contributed by atoms with Gasteiger partial charge in [-0.15, -0.1) is 0 Å². The van der Waals surface area contributed by atoms with E-state index < -0.39 is 18.1 Å². The summed E-state index contributed by atoms with van der Waals surface area (Å²) in [7, 11) is 0. The molecule has 4 rings (SSSR count). The Bertz CT molecular complexity index is 1470. The third kappa shape index (κ3) is 8.41. The number of aromatic nitrogens is 1. The molecule has 1 fully saturated rings. The van der Waals surface area contributed by atoms with Crippen LogP contribution < -0.4 is 10.9 Å². The highest BCUT2D eigenvalue weighted by atomic mass is 19.1. The monoisotopic (exact) mass is 589 g/mol. The number of aryl methyl sites for hydroxylation is 2. The van der Waals surface area contributed by atoms with E-state index in [-0.39, 0.29) is 36.2 Å².